The lowest BCUT2D eigenvalue weighted by Gasteiger charge is -2.10. The molecule has 2 aromatic carbocycles. The third-order valence-electron chi connectivity index (χ3n) is 3.89. The predicted molar refractivity (Wildman–Crippen MR) is 95.1 cm³/mol. The molecular weight excluding hydrogens is 324 g/mol. The number of sulfone groups is 1. The highest BCUT2D eigenvalue weighted by Crippen LogP contribution is 2.22. The fourth-order valence-corrected chi connectivity index (χ4v) is 3.10. The van der Waals surface area contributed by atoms with Crippen molar-refractivity contribution in [2.45, 2.75) is 31.9 Å². The molecule has 0 bridgehead atoms. The molecule has 5 heteroatoms. The van der Waals surface area contributed by atoms with Crippen LogP contribution in [0, 0.1) is 0 Å². The highest BCUT2D eigenvalue weighted by molar-refractivity contribution is 7.89. The Labute approximate surface area is 143 Å². The highest BCUT2D eigenvalue weighted by atomic mass is 32.2. The lowest BCUT2D eigenvalue weighted by molar-refractivity contribution is 0.0734. The second kappa shape index (κ2) is 7.62. The summed E-state index contributed by atoms with van der Waals surface area (Å²) in [5, 5.41) is 0. The summed E-state index contributed by atoms with van der Waals surface area (Å²) >= 11 is 0. The Morgan fingerprint density at radius 3 is 2.12 bits per heavy atom. The standard InChI is InChI=1S/C19H22O4S/c1-4-14(2)16-9-11-18(12-10-16)23-19(20)17-7-5-15(6-8-17)13-24(3,21)22/h5-12,14H,4,13H2,1-3H3/t14-/m1/s1. The summed E-state index contributed by atoms with van der Waals surface area (Å²) in [6.07, 6.45) is 2.23. The fourth-order valence-electron chi connectivity index (χ4n) is 2.31. The molecule has 4 nitrogen and oxygen atoms in total. The first-order valence-corrected chi connectivity index (χ1v) is 9.93. The molecular formula is C19H22O4S. The monoisotopic (exact) mass is 346 g/mol. The maximum Gasteiger partial charge on any atom is 0.343 e. The number of carbonyl (C=O) groups is 1. The van der Waals surface area contributed by atoms with Crippen molar-refractivity contribution >= 4 is 15.8 Å². The molecule has 0 aliphatic heterocycles. The number of rotatable bonds is 6. The first-order chi connectivity index (χ1) is 11.3. The van der Waals surface area contributed by atoms with Crippen LogP contribution in [0.4, 0.5) is 0 Å². The van der Waals surface area contributed by atoms with Crippen LogP contribution in [0.5, 0.6) is 5.75 Å². The lowest BCUT2D eigenvalue weighted by atomic mass is 9.99. The van der Waals surface area contributed by atoms with Crippen LogP contribution in [0.3, 0.4) is 0 Å². The molecule has 0 aliphatic rings. The topological polar surface area (TPSA) is 60.4 Å². The van der Waals surface area contributed by atoms with Crippen molar-refractivity contribution in [3.05, 3.63) is 65.2 Å². The number of hydrogen-bond acceptors (Lipinski definition) is 4. The number of ether oxygens (including phenoxy) is 1. The number of carbonyl (C=O) groups excluding carboxylic acids is 1. The van der Waals surface area contributed by atoms with Gasteiger partial charge in [-0.25, -0.2) is 13.2 Å². The van der Waals surface area contributed by atoms with Crippen LogP contribution in [-0.2, 0) is 15.6 Å². The van der Waals surface area contributed by atoms with Gasteiger partial charge in [-0.15, -0.1) is 0 Å². The Hall–Kier alpha value is -2.14. The molecule has 0 heterocycles. The van der Waals surface area contributed by atoms with E-state index in [9.17, 15) is 13.2 Å². The molecule has 0 saturated heterocycles. The normalized spacial score (nSPS) is 12.6. The van der Waals surface area contributed by atoms with Crippen LogP contribution < -0.4 is 4.74 Å². The lowest BCUT2D eigenvalue weighted by Crippen LogP contribution is -2.09. The first kappa shape index (κ1) is 18.2. The van der Waals surface area contributed by atoms with Crippen LogP contribution in [0.15, 0.2) is 48.5 Å². The number of benzene rings is 2. The zero-order valence-electron chi connectivity index (χ0n) is 14.2. The minimum Gasteiger partial charge on any atom is -0.423 e. The first-order valence-electron chi connectivity index (χ1n) is 7.87. The van der Waals surface area contributed by atoms with Crippen molar-refractivity contribution in [1.82, 2.24) is 0 Å². The third-order valence-corrected chi connectivity index (χ3v) is 4.75. The van der Waals surface area contributed by atoms with E-state index in [-0.39, 0.29) is 5.75 Å². The van der Waals surface area contributed by atoms with Crippen LogP contribution >= 0.6 is 0 Å². The Kier molecular flexibility index (Phi) is 5.78. The van der Waals surface area contributed by atoms with Crippen molar-refractivity contribution in [3.8, 4) is 5.75 Å². The molecule has 1 atom stereocenters. The summed E-state index contributed by atoms with van der Waals surface area (Å²) in [5.41, 5.74) is 2.24. The molecule has 0 spiro atoms. The van der Waals surface area contributed by atoms with E-state index in [1.54, 1.807) is 36.4 Å². The molecule has 0 saturated carbocycles. The Bertz CT molecular complexity index is 790. The largest absolute Gasteiger partial charge is 0.423 e. The summed E-state index contributed by atoms with van der Waals surface area (Å²) < 4.78 is 27.9. The Balaban J connectivity index is 2.04. The van der Waals surface area contributed by atoms with Crippen LogP contribution in [0.2, 0.25) is 0 Å². The highest BCUT2D eigenvalue weighted by Gasteiger charge is 2.11. The zero-order valence-corrected chi connectivity index (χ0v) is 15.0. The van der Waals surface area contributed by atoms with Gasteiger partial charge in [0, 0.05) is 6.26 Å². The minimum absolute atomic E-state index is 0.0423. The molecule has 0 N–H and O–H groups in total. The van der Waals surface area contributed by atoms with Gasteiger partial charge in [-0.1, -0.05) is 38.1 Å². The summed E-state index contributed by atoms with van der Waals surface area (Å²) in [4.78, 5) is 12.1. The average Bonchev–Trinajstić information content (AvgIpc) is 2.54. The molecule has 0 radical (unpaired) electrons. The van der Waals surface area contributed by atoms with Crippen LogP contribution in [0.1, 0.15) is 47.7 Å². The van der Waals surface area contributed by atoms with Gasteiger partial charge in [0.25, 0.3) is 0 Å². The Morgan fingerprint density at radius 2 is 1.62 bits per heavy atom. The van der Waals surface area contributed by atoms with Gasteiger partial charge in [-0.3, -0.25) is 0 Å². The zero-order chi connectivity index (χ0) is 17.7. The SMILES string of the molecule is CC[C@@H](C)c1ccc(OC(=O)c2ccc(CS(C)(=O)=O)cc2)cc1. The maximum atomic E-state index is 12.1. The van der Waals surface area contributed by atoms with E-state index in [1.165, 1.54) is 11.8 Å². The molecule has 0 aliphatic carbocycles. The third kappa shape index (κ3) is 5.20. The summed E-state index contributed by atoms with van der Waals surface area (Å²) in [6.45, 7) is 4.28. The molecule has 0 amide bonds. The van der Waals surface area contributed by atoms with Crippen LogP contribution in [0.25, 0.3) is 0 Å². The smallest absolute Gasteiger partial charge is 0.343 e. The molecule has 2 aromatic rings. The molecule has 2 rings (SSSR count). The number of esters is 1. The van der Waals surface area contributed by atoms with Crippen molar-refractivity contribution < 1.29 is 17.9 Å². The molecule has 0 aromatic heterocycles. The van der Waals surface area contributed by atoms with E-state index in [0.29, 0.717) is 22.8 Å². The van der Waals surface area contributed by atoms with Crippen LogP contribution in [-0.4, -0.2) is 20.6 Å². The molecule has 0 fully saturated rings. The van der Waals surface area contributed by atoms with E-state index >= 15 is 0 Å². The molecule has 24 heavy (non-hydrogen) atoms. The second-order valence-electron chi connectivity index (χ2n) is 6.03. The van der Waals surface area contributed by atoms with Gasteiger partial charge in [0.1, 0.15) is 5.75 Å². The van der Waals surface area contributed by atoms with Crippen molar-refractivity contribution in [2.24, 2.45) is 0 Å². The van der Waals surface area contributed by atoms with Gasteiger partial charge in [-0.2, -0.15) is 0 Å². The molecule has 0 unspecified atom stereocenters. The molecule has 128 valence electrons. The van der Waals surface area contributed by atoms with Gasteiger partial charge < -0.3 is 4.74 Å². The van der Waals surface area contributed by atoms with Gasteiger partial charge in [0.05, 0.1) is 11.3 Å². The van der Waals surface area contributed by atoms with Crippen molar-refractivity contribution in [2.75, 3.05) is 6.26 Å². The quantitative estimate of drug-likeness (QED) is 0.587. The van der Waals surface area contributed by atoms with Crippen molar-refractivity contribution in [1.29, 1.82) is 0 Å². The summed E-state index contributed by atoms with van der Waals surface area (Å²) in [7, 11) is -3.09. The predicted octanol–water partition coefficient (Wildman–Crippen LogP) is 3.96. The second-order valence-corrected chi connectivity index (χ2v) is 8.18. The number of hydrogen-bond donors (Lipinski definition) is 0. The van der Waals surface area contributed by atoms with Gasteiger partial charge in [-0.05, 0) is 47.7 Å². The minimum atomic E-state index is -3.09. The van der Waals surface area contributed by atoms with E-state index in [2.05, 4.69) is 13.8 Å². The van der Waals surface area contributed by atoms with E-state index < -0.39 is 15.8 Å². The summed E-state index contributed by atoms with van der Waals surface area (Å²) in [6, 6.07) is 13.9. The van der Waals surface area contributed by atoms with E-state index in [1.807, 2.05) is 12.1 Å². The Morgan fingerprint density at radius 1 is 1.04 bits per heavy atom. The van der Waals surface area contributed by atoms with E-state index in [0.717, 1.165) is 6.42 Å². The fraction of sp³-hybridized carbons (Fsp3) is 0.316. The maximum absolute atomic E-state index is 12.1. The van der Waals surface area contributed by atoms with E-state index in [4.69, 9.17) is 4.74 Å². The average molecular weight is 346 g/mol. The van der Waals surface area contributed by atoms with Gasteiger partial charge >= 0.3 is 5.97 Å². The summed E-state index contributed by atoms with van der Waals surface area (Å²) in [5.74, 6) is 0.459. The van der Waals surface area contributed by atoms with Gasteiger partial charge in [0.15, 0.2) is 9.84 Å². The van der Waals surface area contributed by atoms with Crippen molar-refractivity contribution in [3.63, 3.8) is 0 Å². The van der Waals surface area contributed by atoms with Gasteiger partial charge in [0.2, 0.25) is 0 Å².